The van der Waals surface area contributed by atoms with Crippen molar-refractivity contribution >= 4 is 0 Å². The van der Waals surface area contributed by atoms with Crippen molar-refractivity contribution in [3.05, 3.63) is 96.1 Å². The van der Waals surface area contributed by atoms with Crippen molar-refractivity contribution < 1.29 is 32.9 Å². The van der Waals surface area contributed by atoms with Crippen LogP contribution in [0.1, 0.15) is 24.0 Å². The Labute approximate surface area is 208 Å². The molecule has 0 spiro atoms. The number of aliphatic hydroxyl groups excluding tert-OH is 1. The lowest BCUT2D eigenvalue weighted by Crippen LogP contribution is -2.46. The number of halogens is 3. The van der Waals surface area contributed by atoms with Crippen LogP contribution in [0.5, 0.6) is 11.5 Å². The maximum Gasteiger partial charge on any atom is 0.573 e. The average molecular weight is 502 g/mol. The van der Waals surface area contributed by atoms with E-state index < -0.39 is 18.1 Å². The molecule has 1 heterocycles. The van der Waals surface area contributed by atoms with Crippen LogP contribution in [0.15, 0.2) is 84.9 Å². The molecule has 1 fully saturated rings. The molecule has 0 aromatic heterocycles. The molecule has 36 heavy (non-hydrogen) atoms. The number of β-amino-alcohol motifs (C(OH)–C–C–N with tert-alkyl or cyclic N) is 1. The van der Waals surface area contributed by atoms with Gasteiger partial charge in [-0.15, -0.1) is 13.2 Å². The van der Waals surface area contributed by atoms with E-state index in [1.807, 2.05) is 60.7 Å². The monoisotopic (exact) mass is 501 g/mol. The first-order valence-electron chi connectivity index (χ1n) is 12.0. The molecule has 0 bridgehead atoms. The van der Waals surface area contributed by atoms with Crippen molar-refractivity contribution in [3.8, 4) is 11.5 Å². The Morgan fingerprint density at radius 3 is 1.81 bits per heavy atom. The van der Waals surface area contributed by atoms with E-state index in [1.54, 1.807) is 0 Å². The van der Waals surface area contributed by atoms with Gasteiger partial charge in [0.25, 0.3) is 0 Å². The van der Waals surface area contributed by atoms with Crippen LogP contribution in [0.25, 0.3) is 0 Å². The lowest BCUT2D eigenvalue weighted by atomic mass is 9.72. The summed E-state index contributed by atoms with van der Waals surface area (Å²) in [6.07, 6.45) is -4.00. The van der Waals surface area contributed by atoms with Gasteiger partial charge in [0.15, 0.2) is 0 Å². The van der Waals surface area contributed by atoms with Crippen LogP contribution in [0, 0.1) is 5.92 Å². The summed E-state index contributed by atoms with van der Waals surface area (Å²) in [7, 11) is 0. The normalized spacial score (nSPS) is 16.5. The summed E-state index contributed by atoms with van der Waals surface area (Å²) in [5, 5.41) is 22.4. The molecular weight excluding hydrogens is 471 g/mol. The van der Waals surface area contributed by atoms with E-state index in [2.05, 4.69) is 9.64 Å². The van der Waals surface area contributed by atoms with Crippen LogP contribution in [0.2, 0.25) is 0 Å². The zero-order valence-electron chi connectivity index (χ0n) is 19.8. The van der Waals surface area contributed by atoms with Gasteiger partial charge in [0.05, 0.1) is 0 Å². The number of alkyl halides is 3. The van der Waals surface area contributed by atoms with Crippen LogP contribution in [-0.4, -0.2) is 53.8 Å². The van der Waals surface area contributed by atoms with Gasteiger partial charge in [-0.1, -0.05) is 60.7 Å². The van der Waals surface area contributed by atoms with Crippen molar-refractivity contribution in [1.29, 1.82) is 0 Å². The Balaban J connectivity index is 1.30. The number of rotatable bonds is 9. The summed E-state index contributed by atoms with van der Waals surface area (Å²) in [5.74, 6) is 0.0340. The zero-order valence-corrected chi connectivity index (χ0v) is 19.8. The van der Waals surface area contributed by atoms with Gasteiger partial charge >= 0.3 is 6.36 Å². The fourth-order valence-electron chi connectivity index (χ4n) is 4.84. The van der Waals surface area contributed by atoms with E-state index in [-0.39, 0.29) is 18.3 Å². The minimum Gasteiger partial charge on any atom is -0.491 e. The van der Waals surface area contributed by atoms with Crippen molar-refractivity contribution in [2.45, 2.75) is 30.9 Å². The largest absolute Gasteiger partial charge is 0.573 e. The molecule has 4 rings (SSSR count). The Hall–Kier alpha value is -3.07. The second-order valence-electron chi connectivity index (χ2n) is 9.06. The first-order valence-corrected chi connectivity index (χ1v) is 12.0. The van der Waals surface area contributed by atoms with Crippen molar-refractivity contribution in [2.75, 3.05) is 26.2 Å². The van der Waals surface area contributed by atoms with E-state index in [0.29, 0.717) is 25.4 Å². The number of likely N-dealkylation sites (tertiary alicyclic amines) is 1. The molecule has 1 aliphatic heterocycles. The summed E-state index contributed by atoms with van der Waals surface area (Å²) in [5.41, 5.74) is 0.641. The fourth-order valence-corrected chi connectivity index (χ4v) is 4.84. The summed E-state index contributed by atoms with van der Waals surface area (Å²) in [4.78, 5) is 2.14. The molecule has 3 aromatic rings. The van der Waals surface area contributed by atoms with Gasteiger partial charge in [0, 0.05) is 6.54 Å². The Morgan fingerprint density at radius 2 is 1.31 bits per heavy atom. The summed E-state index contributed by atoms with van der Waals surface area (Å²) < 4.78 is 46.2. The third-order valence-electron chi connectivity index (χ3n) is 6.57. The maximum atomic E-state index is 12.3. The van der Waals surface area contributed by atoms with Crippen LogP contribution < -0.4 is 9.47 Å². The minimum atomic E-state index is -4.75. The van der Waals surface area contributed by atoms with E-state index in [0.717, 1.165) is 24.0 Å². The summed E-state index contributed by atoms with van der Waals surface area (Å²) in [6.45, 7) is 1.84. The topological polar surface area (TPSA) is 62.2 Å². The molecule has 8 heteroatoms. The minimum absolute atomic E-state index is 0.0113. The van der Waals surface area contributed by atoms with Gasteiger partial charge in [-0.3, -0.25) is 0 Å². The maximum absolute atomic E-state index is 12.3. The highest BCUT2D eigenvalue weighted by molar-refractivity contribution is 5.37. The smallest absolute Gasteiger partial charge is 0.491 e. The highest BCUT2D eigenvalue weighted by Crippen LogP contribution is 2.41. The molecule has 0 amide bonds. The van der Waals surface area contributed by atoms with E-state index >= 15 is 0 Å². The van der Waals surface area contributed by atoms with Gasteiger partial charge < -0.3 is 24.6 Å². The number of ether oxygens (including phenoxy) is 2. The number of benzene rings is 3. The molecule has 2 N–H and O–H groups in total. The third-order valence-corrected chi connectivity index (χ3v) is 6.57. The molecule has 0 unspecified atom stereocenters. The quantitative estimate of drug-likeness (QED) is 0.434. The SMILES string of the molecule is O[C@H](COc1ccc(OC(F)(F)F)cc1)CN1CCC(C(O)(c2ccccc2)c2ccccc2)CC1. The molecule has 192 valence electrons. The molecule has 5 nitrogen and oxygen atoms in total. The zero-order chi connectivity index (χ0) is 25.6. The van der Waals surface area contributed by atoms with Crippen LogP contribution in [0.3, 0.4) is 0 Å². The van der Waals surface area contributed by atoms with Crippen LogP contribution in [-0.2, 0) is 5.60 Å². The molecule has 1 atom stereocenters. The van der Waals surface area contributed by atoms with Crippen molar-refractivity contribution in [2.24, 2.45) is 5.92 Å². The summed E-state index contributed by atoms with van der Waals surface area (Å²) >= 11 is 0. The van der Waals surface area contributed by atoms with Crippen LogP contribution >= 0.6 is 0 Å². The van der Waals surface area contributed by atoms with Gasteiger partial charge in [0.2, 0.25) is 0 Å². The number of hydrogen-bond acceptors (Lipinski definition) is 5. The molecular formula is C28H30F3NO4. The van der Waals surface area contributed by atoms with Crippen molar-refractivity contribution in [1.82, 2.24) is 4.90 Å². The predicted molar refractivity (Wildman–Crippen MR) is 130 cm³/mol. The third kappa shape index (κ3) is 6.57. The Kier molecular flexibility index (Phi) is 8.18. The molecule has 1 aliphatic rings. The fraction of sp³-hybridized carbons (Fsp3) is 0.357. The standard InChI is InChI=1S/C28H30F3NO4/c29-28(30,31)36-26-13-11-25(12-14-26)35-20-24(33)19-32-17-15-23(16-18-32)27(34,21-7-3-1-4-8-21)22-9-5-2-6-10-22/h1-14,23-24,33-34H,15-20H2/t24-/m0/s1. The highest BCUT2D eigenvalue weighted by atomic mass is 19.4. The first kappa shape index (κ1) is 26.0. The number of nitrogens with zero attached hydrogens (tertiary/aromatic N) is 1. The van der Waals surface area contributed by atoms with Gasteiger partial charge in [-0.05, 0) is 67.2 Å². The number of aliphatic hydroxyl groups is 2. The lowest BCUT2D eigenvalue weighted by molar-refractivity contribution is -0.274. The van der Waals surface area contributed by atoms with Gasteiger partial charge in [-0.25, -0.2) is 0 Å². The molecule has 0 radical (unpaired) electrons. The highest BCUT2D eigenvalue weighted by Gasteiger charge is 2.41. The molecule has 0 aliphatic carbocycles. The lowest BCUT2D eigenvalue weighted by Gasteiger charge is -2.42. The molecule has 0 saturated carbocycles. The Morgan fingerprint density at radius 1 is 0.806 bits per heavy atom. The summed E-state index contributed by atoms with van der Waals surface area (Å²) in [6, 6.07) is 24.5. The average Bonchev–Trinajstić information content (AvgIpc) is 2.88. The predicted octanol–water partition coefficient (Wildman–Crippen LogP) is 4.97. The first-order chi connectivity index (χ1) is 17.2. The number of hydrogen-bond donors (Lipinski definition) is 2. The second-order valence-corrected chi connectivity index (χ2v) is 9.06. The molecule has 1 saturated heterocycles. The van der Waals surface area contributed by atoms with Gasteiger partial charge in [0.1, 0.15) is 29.8 Å². The van der Waals surface area contributed by atoms with Crippen LogP contribution in [0.4, 0.5) is 13.2 Å². The van der Waals surface area contributed by atoms with E-state index in [4.69, 9.17) is 4.74 Å². The number of piperidine rings is 1. The molecule has 3 aromatic carbocycles. The second kappa shape index (κ2) is 11.3. The van der Waals surface area contributed by atoms with Crippen molar-refractivity contribution in [3.63, 3.8) is 0 Å². The Bertz CT molecular complexity index is 1030. The van der Waals surface area contributed by atoms with E-state index in [9.17, 15) is 23.4 Å². The van der Waals surface area contributed by atoms with E-state index in [1.165, 1.54) is 24.3 Å². The van der Waals surface area contributed by atoms with Gasteiger partial charge in [-0.2, -0.15) is 0 Å².